The molecule has 0 radical (unpaired) electrons. The van der Waals surface area contributed by atoms with Crippen molar-refractivity contribution in [1.82, 2.24) is 0 Å². The fraction of sp³-hybridized carbons (Fsp3) is 0.0714. The Hall–Kier alpha value is -2.49. The van der Waals surface area contributed by atoms with Gasteiger partial charge in [-0.15, -0.1) is 0 Å². The van der Waals surface area contributed by atoms with Gasteiger partial charge in [0.15, 0.2) is 0 Å². The van der Waals surface area contributed by atoms with Crippen LogP contribution in [0, 0.1) is 0 Å². The Morgan fingerprint density at radius 3 is 2.33 bits per heavy atom. The van der Waals surface area contributed by atoms with Gasteiger partial charge in [0.05, 0.1) is 11.4 Å². The molecular formula is C14H13N3O. The maximum Gasteiger partial charge on any atom is 0.251 e. The van der Waals surface area contributed by atoms with E-state index in [2.05, 4.69) is 10.6 Å². The highest BCUT2D eigenvalue weighted by Gasteiger charge is 2.26. The molecular weight excluding hydrogens is 226 g/mol. The van der Waals surface area contributed by atoms with E-state index in [1.165, 1.54) is 0 Å². The average Bonchev–Trinajstić information content (AvgIpc) is 2.39. The number of carbonyl (C=O) groups is 1. The summed E-state index contributed by atoms with van der Waals surface area (Å²) in [6.45, 7) is 0. The number of anilines is 3. The summed E-state index contributed by atoms with van der Waals surface area (Å²) in [5, 5.41) is 6.12. The van der Waals surface area contributed by atoms with Crippen LogP contribution in [0.3, 0.4) is 0 Å². The van der Waals surface area contributed by atoms with Crippen molar-refractivity contribution >= 4 is 23.0 Å². The quantitative estimate of drug-likeness (QED) is 0.669. The van der Waals surface area contributed by atoms with Crippen molar-refractivity contribution in [1.29, 1.82) is 0 Å². The number of carbonyl (C=O) groups excluding carboxylic acids is 1. The third-order valence-electron chi connectivity index (χ3n) is 3.02. The van der Waals surface area contributed by atoms with E-state index in [0.29, 0.717) is 5.69 Å². The van der Waals surface area contributed by atoms with Crippen LogP contribution < -0.4 is 16.4 Å². The van der Waals surface area contributed by atoms with Gasteiger partial charge in [0, 0.05) is 5.69 Å². The van der Waals surface area contributed by atoms with Gasteiger partial charge in [-0.2, -0.15) is 0 Å². The number of fused-ring (bicyclic) bond motifs is 1. The molecule has 0 aliphatic carbocycles. The van der Waals surface area contributed by atoms with Gasteiger partial charge in [-0.25, -0.2) is 0 Å². The van der Waals surface area contributed by atoms with Crippen molar-refractivity contribution in [2.24, 2.45) is 0 Å². The zero-order chi connectivity index (χ0) is 12.5. The first kappa shape index (κ1) is 10.7. The Kier molecular flexibility index (Phi) is 2.41. The third-order valence-corrected chi connectivity index (χ3v) is 3.02. The van der Waals surface area contributed by atoms with Crippen LogP contribution in [-0.4, -0.2) is 5.91 Å². The van der Waals surface area contributed by atoms with Gasteiger partial charge in [0.25, 0.3) is 5.91 Å². The molecule has 90 valence electrons. The smallest absolute Gasteiger partial charge is 0.251 e. The van der Waals surface area contributed by atoms with E-state index in [1.54, 1.807) is 12.1 Å². The van der Waals surface area contributed by atoms with Crippen LogP contribution in [0.25, 0.3) is 0 Å². The van der Waals surface area contributed by atoms with Crippen LogP contribution in [-0.2, 0) is 4.79 Å². The molecule has 0 spiro atoms. The van der Waals surface area contributed by atoms with E-state index < -0.39 is 0 Å². The fourth-order valence-corrected chi connectivity index (χ4v) is 2.07. The summed E-state index contributed by atoms with van der Waals surface area (Å²) in [7, 11) is 0. The van der Waals surface area contributed by atoms with Crippen LogP contribution in [0.4, 0.5) is 17.1 Å². The molecule has 1 aliphatic heterocycles. The highest BCUT2D eigenvalue weighted by molar-refractivity contribution is 6.03. The SMILES string of the molecule is Nc1ccc(C2Nc3ccccc3NC2=O)cc1. The topological polar surface area (TPSA) is 67.2 Å². The Labute approximate surface area is 105 Å². The van der Waals surface area contributed by atoms with Crippen LogP contribution in [0.2, 0.25) is 0 Å². The Morgan fingerprint density at radius 1 is 0.944 bits per heavy atom. The molecule has 1 amide bonds. The molecule has 0 saturated carbocycles. The van der Waals surface area contributed by atoms with Crippen molar-refractivity contribution in [3.63, 3.8) is 0 Å². The van der Waals surface area contributed by atoms with E-state index in [0.717, 1.165) is 16.9 Å². The predicted molar refractivity (Wildman–Crippen MR) is 72.3 cm³/mol. The lowest BCUT2D eigenvalue weighted by atomic mass is 10.0. The molecule has 2 aromatic carbocycles. The summed E-state index contributed by atoms with van der Waals surface area (Å²) >= 11 is 0. The summed E-state index contributed by atoms with van der Waals surface area (Å²) in [6.07, 6.45) is 0. The first-order valence-corrected chi connectivity index (χ1v) is 5.76. The van der Waals surface area contributed by atoms with Crippen molar-refractivity contribution in [3.8, 4) is 0 Å². The molecule has 4 heteroatoms. The number of nitrogen functional groups attached to an aromatic ring is 1. The maximum absolute atomic E-state index is 12.0. The minimum absolute atomic E-state index is 0.0570. The molecule has 4 N–H and O–H groups in total. The largest absolute Gasteiger partial charge is 0.399 e. The summed E-state index contributed by atoms with van der Waals surface area (Å²) in [5.41, 5.74) is 8.98. The Balaban J connectivity index is 1.95. The standard InChI is InChI=1S/C14H13N3O/c15-10-7-5-9(6-8-10)13-14(18)17-12-4-2-1-3-11(12)16-13/h1-8,13,16H,15H2,(H,17,18). The predicted octanol–water partition coefficient (Wildman–Crippen LogP) is 2.37. The van der Waals surface area contributed by atoms with E-state index in [-0.39, 0.29) is 11.9 Å². The van der Waals surface area contributed by atoms with E-state index >= 15 is 0 Å². The lowest BCUT2D eigenvalue weighted by molar-refractivity contribution is -0.117. The number of nitrogens with one attached hydrogen (secondary N) is 2. The molecule has 0 bridgehead atoms. The molecule has 1 aliphatic rings. The summed E-state index contributed by atoms with van der Waals surface area (Å²) in [6, 6.07) is 14.6. The van der Waals surface area contributed by atoms with Crippen LogP contribution in [0.5, 0.6) is 0 Å². The zero-order valence-corrected chi connectivity index (χ0v) is 9.68. The molecule has 2 aromatic rings. The van der Waals surface area contributed by atoms with E-state index in [1.807, 2.05) is 36.4 Å². The minimum Gasteiger partial charge on any atom is -0.399 e. The lowest BCUT2D eigenvalue weighted by Crippen LogP contribution is -2.31. The number of benzene rings is 2. The monoisotopic (exact) mass is 239 g/mol. The molecule has 4 nitrogen and oxygen atoms in total. The highest BCUT2D eigenvalue weighted by atomic mass is 16.2. The molecule has 1 atom stereocenters. The van der Waals surface area contributed by atoms with Crippen LogP contribution >= 0.6 is 0 Å². The number of hydrogen-bond donors (Lipinski definition) is 3. The minimum atomic E-state index is -0.375. The van der Waals surface area contributed by atoms with Crippen molar-refractivity contribution in [2.75, 3.05) is 16.4 Å². The van der Waals surface area contributed by atoms with Gasteiger partial charge in [-0.1, -0.05) is 24.3 Å². The molecule has 0 fully saturated rings. The average molecular weight is 239 g/mol. The summed E-state index contributed by atoms with van der Waals surface area (Å²) < 4.78 is 0. The number of para-hydroxylation sites is 2. The first-order chi connectivity index (χ1) is 8.74. The number of rotatable bonds is 1. The maximum atomic E-state index is 12.0. The number of hydrogen-bond acceptors (Lipinski definition) is 3. The van der Waals surface area contributed by atoms with Gasteiger partial charge in [-0.05, 0) is 29.8 Å². The Bertz CT molecular complexity index is 592. The van der Waals surface area contributed by atoms with Crippen molar-refractivity contribution < 1.29 is 4.79 Å². The molecule has 1 heterocycles. The van der Waals surface area contributed by atoms with Gasteiger partial charge >= 0.3 is 0 Å². The second-order valence-corrected chi connectivity index (χ2v) is 4.28. The number of nitrogens with two attached hydrogens (primary N) is 1. The molecule has 3 rings (SSSR count). The summed E-state index contributed by atoms with van der Waals surface area (Å²) in [5.74, 6) is -0.0570. The van der Waals surface area contributed by atoms with Crippen LogP contribution in [0.1, 0.15) is 11.6 Å². The third kappa shape index (κ3) is 1.78. The van der Waals surface area contributed by atoms with E-state index in [9.17, 15) is 4.79 Å². The summed E-state index contributed by atoms with van der Waals surface area (Å²) in [4.78, 5) is 12.0. The van der Waals surface area contributed by atoms with Gasteiger partial charge in [0.1, 0.15) is 6.04 Å². The van der Waals surface area contributed by atoms with Crippen LogP contribution in [0.15, 0.2) is 48.5 Å². The van der Waals surface area contributed by atoms with Crippen molar-refractivity contribution in [2.45, 2.75) is 6.04 Å². The van der Waals surface area contributed by atoms with E-state index in [4.69, 9.17) is 5.73 Å². The second-order valence-electron chi connectivity index (χ2n) is 4.28. The zero-order valence-electron chi connectivity index (χ0n) is 9.68. The molecule has 1 unspecified atom stereocenters. The fourth-order valence-electron chi connectivity index (χ4n) is 2.07. The molecule has 0 saturated heterocycles. The van der Waals surface area contributed by atoms with Crippen molar-refractivity contribution in [3.05, 3.63) is 54.1 Å². The van der Waals surface area contributed by atoms with Gasteiger partial charge < -0.3 is 16.4 Å². The van der Waals surface area contributed by atoms with Gasteiger partial charge in [-0.3, -0.25) is 4.79 Å². The lowest BCUT2D eigenvalue weighted by Gasteiger charge is -2.27. The first-order valence-electron chi connectivity index (χ1n) is 5.76. The van der Waals surface area contributed by atoms with Gasteiger partial charge in [0.2, 0.25) is 0 Å². The second kappa shape index (κ2) is 4.07. The normalized spacial score (nSPS) is 17.6. The highest BCUT2D eigenvalue weighted by Crippen LogP contribution is 2.31. The molecule has 18 heavy (non-hydrogen) atoms. The number of amides is 1. The Morgan fingerprint density at radius 2 is 1.61 bits per heavy atom. The molecule has 0 aromatic heterocycles.